The summed E-state index contributed by atoms with van der Waals surface area (Å²) in [6.45, 7) is 8.38. The molecule has 31 heavy (non-hydrogen) atoms. The Morgan fingerprint density at radius 1 is 1.03 bits per heavy atom. The van der Waals surface area contributed by atoms with E-state index in [4.69, 9.17) is 16.6 Å². The third-order valence-electron chi connectivity index (χ3n) is 5.09. The van der Waals surface area contributed by atoms with Gasteiger partial charge in [-0.1, -0.05) is 11.6 Å². The van der Waals surface area contributed by atoms with Crippen LogP contribution < -0.4 is 10.2 Å². The molecule has 1 fully saturated rings. The molecule has 1 aliphatic heterocycles. The van der Waals surface area contributed by atoms with Crippen molar-refractivity contribution in [1.82, 2.24) is 20.2 Å². The maximum absolute atomic E-state index is 13.4. The number of fused-ring (bicyclic) bond motifs is 1. The minimum atomic E-state index is -0.308. The highest BCUT2D eigenvalue weighted by atomic mass is 35.5. The van der Waals surface area contributed by atoms with E-state index in [1.165, 1.54) is 12.1 Å². The molecule has 8 heteroatoms. The van der Waals surface area contributed by atoms with Crippen LogP contribution in [0.25, 0.3) is 22.3 Å². The van der Waals surface area contributed by atoms with Crippen LogP contribution in [0.1, 0.15) is 20.8 Å². The smallest absolute Gasteiger partial charge is 0.317 e. The summed E-state index contributed by atoms with van der Waals surface area (Å²) in [6.07, 6.45) is 0. The number of halogens is 2. The SMILES string of the molecule is CC(C)(C)NC(=O)N1CCN(c2nc(-c3ccc(F)cc3)nc3cc(Cl)ccc23)CC1. The van der Waals surface area contributed by atoms with Crippen LogP contribution in [0.15, 0.2) is 42.5 Å². The largest absolute Gasteiger partial charge is 0.352 e. The first kappa shape index (κ1) is 21.3. The van der Waals surface area contributed by atoms with Crippen LogP contribution in [0.4, 0.5) is 15.0 Å². The number of carbonyl (C=O) groups is 1. The number of rotatable bonds is 2. The summed E-state index contributed by atoms with van der Waals surface area (Å²) in [5, 5.41) is 4.49. The minimum absolute atomic E-state index is 0.0570. The molecule has 0 aliphatic carbocycles. The molecule has 6 nitrogen and oxygen atoms in total. The number of hydrogen-bond acceptors (Lipinski definition) is 4. The lowest BCUT2D eigenvalue weighted by Gasteiger charge is -2.37. The zero-order chi connectivity index (χ0) is 22.2. The average Bonchev–Trinajstić information content (AvgIpc) is 2.72. The Hall–Kier alpha value is -2.93. The number of carbonyl (C=O) groups excluding carboxylic acids is 1. The third kappa shape index (κ3) is 4.88. The molecule has 4 rings (SSSR count). The number of aromatic nitrogens is 2. The fourth-order valence-corrected chi connectivity index (χ4v) is 3.74. The Labute approximate surface area is 186 Å². The Bertz CT molecular complexity index is 1110. The van der Waals surface area contributed by atoms with Gasteiger partial charge < -0.3 is 15.1 Å². The molecule has 0 unspecified atom stereocenters. The molecule has 2 aromatic carbocycles. The first-order valence-corrected chi connectivity index (χ1v) is 10.6. The second-order valence-corrected chi connectivity index (χ2v) is 9.13. The van der Waals surface area contributed by atoms with Crippen molar-refractivity contribution < 1.29 is 9.18 Å². The van der Waals surface area contributed by atoms with Crippen LogP contribution in [-0.2, 0) is 0 Å². The van der Waals surface area contributed by atoms with Gasteiger partial charge in [0.15, 0.2) is 5.82 Å². The number of nitrogens with one attached hydrogen (secondary N) is 1. The molecule has 162 valence electrons. The zero-order valence-corrected chi connectivity index (χ0v) is 18.6. The monoisotopic (exact) mass is 441 g/mol. The van der Waals surface area contributed by atoms with E-state index < -0.39 is 0 Å². The fraction of sp³-hybridized carbons (Fsp3) is 0.348. The topological polar surface area (TPSA) is 61.4 Å². The summed E-state index contributed by atoms with van der Waals surface area (Å²) in [6, 6.07) is 11.6. The van der Waals surface area contributed by atoms with Crippen molar-refractivity contribution in [2.45, 2.75) is 26.3 Å². The molecule has 0 spiro atoms. The van der Waals surface area contributed by atoms with E-state index in [1.54, 1.807) is 12.1 Å². The lowest BCUT2D eigenvalue weighted by atomic mass is 10.1. The number of amides is 2. The first-order valence-electron chi connectivity index (χ1n) is 10.2. The quantitative estimate of drug-likeness (QED) is 0.625. The van der Waals surface area contributed by atoms with Gasteiger partial charge in [0.2, 0.25) is 0 Å². The number of anilines is 1. The first-order chi connectivity index (χ1) is 14.7. The number of piperazine rings is 1. The zero-order valence-electron chi connectivity index (χ0n) is 17.8. The lowest BCUT2D eigenvalue weighted by Crippen LogP contribution is -2.55. The van der Waals surface area contributed by atoms with Gasteiger partial charge >= 0.3 is 6.03 Å². The molecule has 0 radical (unpaired) electrons. The Morgan fingerprint density at radius 3 is 2.35 bits per heavy atom. The van der Waals surface area contributed by atoms with Gasteiger partial charge in [-0.2, -0.15) is 0 Å². The number of hydrogen-bond donors (Lipinski definition) is 1. The average molecular weight is 442 g/mol. The van der Waals surface area contributed by atoms with Crippen LogP contribution in [0, 0.1) is 5.82 Å². The molecule has 0 saturated carbocycles. The fourth-order valence-electron chi connectivity index (χ4n) is 3.58. The van der Waals surface area contributed by atoms with Gasteiger partial charge in [0.25, 0.3) is 0 Å². The molecule has 2 amide bonds. The van der Waals surface area contributed by atoms with Crippen molar-refractivity contribution in [3.63, 3.8) is 0 Å². The summed E-state index contributed by atoms with van der Waals surface area (Å²) in [4.78, 5) is 25.9. The van der Waals surface area contributed by atoms with Gasteiger partial charge in [0.1, 0.15) is 11.6 Å². The van der Waals surface area contributed by atoms with Crippen molar-refractivity contribution in [1.29, 1.82) is 0 Å². The van der Waals surface area contributed by atoms with Crippen molar-refractivity contribution in [2.75, 3.05) is 31.1 Å². The molecule has 3 aromatic rings. The molecular formula is C23H25ClFN5O. The van der Waals surface area contributed by atoms with Crippen molar-refractivity contribution in [3.05, 3.63) is 53.3 Å². The van der Waals surface area contributed by atoms with Crippen molar-refractivity contribution in [2.24, 2.45) is 0 Å². The molecule has 1 N–H and O–H groups in total. The maximum Gasteiger partial charge on any atom is 0.317 e. The highest BCUT2D eigenvalue weighted by Gasteiger charge is 2.26. The predicted molar refractivity (Wildman–Crippen MR) is 122 cm³/mol. The summed E-state index contributed by atoms with van der Waals surface area (Å²) in [5.41, 5.74) is 1.18. The van der Waals surface area contributed by atoms with Gasteiger partial charge in [0.05, 0.1) is 5.52 Å². The molecular weight excluding hydrogens is 417 g/mol. The second-order valence-electron chi connectivity index (χ2n) is 8.69. The number of urea groups is 1. The van der Waals surface area contributed by atoms with E-state index in [0.717, 1.165) is 22.3 Å². The summed E-state index contributed by atoms with van der Waals surface area (Å²) < 4.78 is 13.4. The summed E-state index contributed by atoms with van der Waals surface area (Å²) in [7, 11) is 0. The van der Waals surface area contributed by atoms with Gasteiger partial charge in [-0.25, -0.2) is 19.2 Å². The van der Waals surface area contributed by atoms with Crippen LogP contribution in [-0.4, -0.2) is 52.6 Å². The van der Waals surface area contributed by atoms with E-state index in [0.29, 0.717) is 37.0 Å². The van der Waals surface area contributed by atoms with Crippen molar-refractivity contribution in [3.8, 4) is 11.4 Å². The van der Waals surface area contributed by atoms with E-state index in [2.05, 4.69) is 15.2 Å². The molecule has 1 aromatic heterocycles. The van der Waals surface area contributed by atoms with E-state index in [1.807, 2.05) is 43.9 Å². The minimum Gasteiger partial charge on any atom is -0.352 e. The van der Waals surface area contributed by atoms with Crippen LogP contribution in [0.2, 0.25) is 5.02 Å². The number of nitrogens with zero attached hydrogens (tertiary/aromatic N) is 4. The van der Waals surface area contributed by atoms with Crippen LogP contribution in [0.5, 0.6) is 0 Å². The van der Waals surface area contributed by atoms with Gasteiger partial charge in [-0.3, -0.25) is 0 Å². The molecule has 2 heterocycles. The predicted octanol–water partition coefficient (Wildman–Crippen LogP) is 4.72. The Balaban J connectivity index is 1.64. The summed E-state index contributed by atoms with van der Waals surface area (Å²) in [5.74, 6) is 0.993. The van der Waals surface area contributed by atoms with E-state index >= 15 is 0 Å². The van der Waals surface area contributed by atoms with Gasteiger partial charge in [-0.05, 0) is 63.2 Å². The highest BCUT2D eigenvalue weighted by Crippen LogP contribution is 2.30. The Morgan fingerprint density at radius 2 is 1.71 bits per heavy atom. The molecule has 1 aliphatic rings. The lowest BCUT2D eigenvalue weighted by molar-refractivity contribution is 0.185. The van der Waals surface area contributed by atoms with Crippen LogP contribution >= 0.6 is 11.6 Å². The molecule has 0 atom stereocenters. The van der Waals surface area contributed by atoms with Crippen LogP contribution in [0.3, 0.4) is 0 Å². The standard InChI is InChI=1S/C23H25ClFN5O/c1-23(2,3)28-22(31)30-12-10-29(11-13-30)21-18-9-6-16(24)14-19(18)26-20(27-21)15-4-7-17(25)8-5-15/h4-9,14H,10-13H2,1-3H3,(H,28,31). The molecule has 0 bridgehead atoms. The van der Waals surface area contributed by atoms with Gasteiger partial charge in [0, 0.05) is 47.7 Å². The van der Waals surface area contributed by atoms with Gasteiger partial charge in [-0.15, -0.1) is 0 Å². The van der Waals surface area contributed by atoms with Crippen molar-refractivity contribution >= 4 is 34.4 Å². The molecule has 1 saturated heterocycles. The van der Waals surface area contributed by atoms with E-state index in [-0.39, 0.29) is 17.4 Å². The maximum atomic E-state index is 13.4. The number of benzene rings is 2. The normalized spacial score (nSPS) is 14.7. The second kappa shape index (κ2) is 8.30. The Kier molecular flexibility index (Phi) is 5.71. The summed E-state index contributed by atoms with van der Waals surface area (Å²) >= 11 is 6.21. The highest BCUT2D eigenvalue weighted by molar-refractivity contribution is 6.31. The van der Waals surface area contributed by atoms with E-state index in [9.17, 15) is 9.18 Å². The third-order valence-corrected chi connectivity index (χ3v) is 5.32.